The molecule has 0 saturated heterocycles. The molecule has 5 nitrogen and oxygen atoms in total. The molecule has 0 unspecified atom stereocenters. The molecule has 0 heterocycles. The summed E-state index contributed by atoms with van der Waals surface area (Å²) in [4.78, 5) is 14.4. The molecule has 0 aromatic heterocycles. The number of amides is 1. The summed E-state index contributed by atoms with van der Waals surface area (Å²) < 4.78 is 40.1. The summed E-state index contributed by atoms with van der Waals surface area (Å²) in [6, 6.07) is 9.19. The molecular formula is C20H24ClFN2O3S. The fourth-order valence-corrected chi connectivity index (χ4v) is 4.12. The van der Waals surface area contributed by atoms with Crippen molar-refractivity contribution in [3.8, 4) is 0 Å². The number of sulfonamides is 1. The zero-order valence-electron chi connectivity index (χ0n) is 16.2. The molecule has 0 bridgehead atoms. The molecule has 0 N–H and O–H groups in total. The Morgan fingerprint density at radius 2 is 1.75 bits per heavy atom. The number of carbonyl (C=O) groups excluding carboxylic acids is 1. The van der Waals surface area contributed by atoms with Crippen LogP contribution in [0.5, 0.6) is 0 Å². The average molecular weight is 427 g/mol. The van der Waals surface area contributed by atoms with Gasteiger partial charge in [0.25, 0.3) is 15.9 Å². The third kappa shape index (κ3) is 4.83. The summed E-state index contributed by atoms with van der Waals surface area (Å²) >= 11 is 6.19. The Kier molecular flexibility index (Phi) is 7.43. The van der Waals surface area contributed by atoms with Gasteiger partial charge in [0.2, 0.25) is 0 Å². The third-order valence-electron chi connectivity index (χ3n) is 4.47. The molecular weight excluding hydrogens is 403 g/mol. The summed E-state index contributed by atoms with van der Waals surface area (Å²) in [6.45, 7) is 4.98. The van der Waals surface area contributed by atoms with E-state index in [9.17, 15) is 17.6 Å². The fraction of sp³-hybridized carbons (Fsp3) is 0.350. The topological polar surface area (TPSA) is 57.7 Å². The number of hydrogen-bond donors (Lipinski definition) is 0. The smallest absolute Gasteiger partial charge is 0.264 e. The first-order valence-corrected chi connectivity index (χ1v) is 10.9. The second-order valence-corrected chi connectivity index (χ2v) is 8.71. The number of rotatable bonds is 8. The summed E-state index contributed by atoms with van der Waals surface area (Å²) in [7, 11) is -2.57. The minimum atomic E-state index is -3.95. The number of anilines is 1. The standard InChI is InChI=1S/C20H24ClFN2O3S/c1-4-6-13-24(5-2)20(25)18-14-17(11-12-19(18)21)28(26,27)23(3)16-9-7-15(22)8-10-16/h7-12,14H,4-6,13H2,1-3H3. The van der Waals surface area contributed by atoms with Gasteiger partial charge in [0.05, 0.1) is 21.2 Å². The molecule has 0 saturated carbocycles. The van der Waals surface area contributed by atoms with Crippen molar-refractivity contribution in [3.63, 3.8) is 0 Å². The first-order valence-electron chi connectivity index (χ1n) is 9.05. The fourth-order valence-electron chi connectivity index (χ4n) is 2.70. The summed E-state index contributed by atoms with van der Waals surface area (Å²) in [5.74, 6) is -0.761. The van der Waals surface area contributed by atoms with Crippen molar-refractivity contribution in [1.82, 2.24) is 4.90 Å². The van der Waals surface area contributed by atoms with E-state index in [-0.39, 0.29) is 21.4 Å². The normalized spacial score (nSPS) is 11.3. The van der Waals surface area contributed by atoms with E-state index in [1.165, 1.54) is 49.5 Å². The number of benzene rings is 2. The molecule has 1 amide bonds. The van der Waals surface area contributed by atoms with E-state index < -0.39 is 15.8 Å². The third-order valence-corrected chi connectivity index (χ3v) is 6.58. The zero-order valence-corrected chi connectivity index (χ0v) is 17.7. The molecule has 0 fully saturated rings. The highest BCUT2D eigenvalue weighted by Crippen LogP contribution is 2.26. The molecule has 0 aliphatic carbocycles. The van der Waals surface area contributed by atoms with E-state index in [1.807, 2.05) is 13.8 Å². The maximum atomic E-state index is 13.1. The summed E-state index contributed by atoms with van der Waals surface area (Å²) in [6.07, 6.45) is 1.79. The zero-order chi connectivity index (χ0) is 20.9. The second kappa shape index (κ2) is 9.39. The molecule has 0 radical (unpaired) electrons. The number of halogens is 2. The second-order valence-electron chi connectivity index (χ2n) is 6.33. The van der Waals surface area contributed by atoms with Crippen LogP contribution in [0, 0.1) is 5.82 Å². The van der Waals surface area contributed by atoms with Crippen LogP contribution in [0.1, 0.15) is 37.0 Å². The van der Waals surface area contributed by atoms with Gasteiger partial charge in [-0.25, -0.2) is 12.8 Å². The van der Waals surface area contributed by atoms with Crippen LogP contribution >= 0.6 is 11.6 Å². The van der Waals surface area contributed by atoms with Crippen molar-refractivity contribution in [1.29, 1.82) is 0 Å². The predicted molar refractivity (Wildman–Crippen MR) is 110 cm³/mol. The lowest BCUT2D eigenvalue weighted by molar-refractivity contribution is 0.0762. The van der Waals surface area contributed by atoms with Gasteiger partial charge in [-0.15, -0.1) is 0 Å². The maximum absolute atomic E-state index is 13.1. The Balaban J connectivity index is 2.40. The van der Waals surface area contributed by atoms with Gasteiger partial charge in [0.1, 0.15) is 5.82 Å². The molecule has 28 heavy (non-hydrogen) atoms. The molecule has 0 spiro atoms. The number of carbonyl (C=O) groups is 1. The van der Waals surface area contributed by atoms with Crippen molar-refractivity contribution < 1.29 is 17.6 Å². The van der Waals surface area contributed by atoms with E-state index in [0.29, 0.717) is 18.8 Å². The highest BCUT2D eigenvalue weighted by Gasteiger charge is 2.25. The molecule has 2 aromatic rings. The molecule has 2 rings (SSSR count). The van der Waals surface area contributed by atoms with Gasteiger partial charge < -0.3 is 4.90 Å². The van der Waals surface area contributed by atoms with E-state index in [4.69, 9.17) is 11.6 Å². The predicted octanol–water partition coefficient (Wildman–Crippen LogP) is 4.57. The van der Waals surface area contributed by atoms with Crippen LogP contribution in [0.2, 0.25) is 5.02 Å². The van der Waals surface area contributed by atoms with E-state index in [0.717, 1.165) is 17.1 Å². The Morgan fingerprint density at radius 3 is 2.32 bits per heavy atom. The maximum Gasteiger partial charge on any atom is 0.264 e. The molecule has 8 heteroatoms. The van der Waals surface area contributed by atoms with Gasteiger partial charge in [-0.3, -0.25) is 9.10 Å². The van der Waals surface area contributed by atoms with Crippen molar-refractivity contribution in [2.45, 2.75) is 31.6 Å². The van der Waals surface area contributed by atoms with E-state index >= 15 is 0 Å². The number of unbranched alkanes of at least 4 members (excludes halogenated alkanes) is 1. The van der Waals surface area contributed by atoms with Gasteiger partial charge in [0.15, 0.2) is 0 Å². The van der Waals surface area contributed by atoms with Crippen LogP contribution in [0.25, 0.3) is 0 Å². The van der Waals surface area contributed by atoms with Gasteiger partial charge in [-0.2, -0.15) is 0 Å². The Hall–Kier alpha value is -2.12. The molecule has 152 valence electrons. The van der Waals surface area contributed by atoms with Crippen LogP contribution in [-0.2, 0) is 10.0 Å². The quantitative estimate of drug-likeness (QED) is 0.621. The first kappa shape index (κ1) is 22.2. The monoisotopic (exact) mass is 426 g/mol. The molecule has 2 aromatic carbocycles. The number of nitrogens with zero attached hydrogens (tertiary/aromatic N) is 2. The van der Waals surface area contributed by atoms with Gasteiger partial charge in [-0.05, 0) is 55.8 Å². The van der Waals surface area contributed by atoms with Crippen LogP contribution in [0.4, 0.5) is 10.1 Å². The van der Waals surface area contributed by atoms with E-state index in [1.54, 1.807) is 4.90 Å². The molecule has 0 aliphatic rings. The highest BCUT2D eigenvalue weighted by atomic mass is 35.5. The minimum absolute atomic E-state index is 0.0568. The Bertz CT molecular complexity index is 933. The largest absolute Gasteiger partial charge is 0.339 e. The van der Waals surface area contributed by atoms with Gasteiger partial charge >= 0.3 is 0 Å². The van der Waals surface area contributed by atoms with Crippen LogP contribution in [0.3, 0.4) is 0 Å². The van der Waals surface area contributed by atoms with Crippen molar-refractivity contribution >= 4 is 33.2 Å². The number of hydrogen-bond acceptors (Lipinski definition) is 3. The Labute approximate surface area is 170 Å². The molecule has 0 aliphatic heterocycles. The van der Waals surface area contributed by atoms with Crippen LogP contribution in [0.15, 0.2) is 47.4 Å². The lowest BCUT2D eigenvalue weighted by Crippen LogP contribution is -2.32. The SMILES string of the molecule is CCCCN(CC)C(=O)c1cc(S(=O)(=O)N(C)c2ccc(F)cc2)ccc1Cl. The lowest BCUT2D eigenvalue weighted by atomic mass is 10.2. The van der Waals surface area contributed by atoms with Crippen molar-refractivity contribution in [2.75, 3.05) is 24.4 Å². The molecule has 0 atom stereocenters. The van der Waals surface area contributed by atoms with Gasteiger partial charge in [0, 0.05) is 20.1 Å². The van der Waals surface area contributed by atoms with Crippen molar-refractivity contribution in [3.05, 3.63) is 58.9 Å². The first-order chi connectivity index (χ1) is 13.2. The van der Waals surface area contributed by atoms with Crippen molar-refractivity contribution in [2.24, 2.45) is 0 Å². The minimum Gasteiger partial charge on any atom is -0.339 e. The van der Waals surface area contributed by atoms with Gasteiger partial charge in [-0.1, -0.05) is 24.9 Å². The van der Waals surface area contributed by atoms with E-state index in [2.05, 4.69) is 0 Å². The van der Waals surface area contributed by atoms with Crippen LogP contribution in [-0.4, -0.2) is 39.4 Å². The van der Waals surface area contributed by atoms with Crippen LogP contribution < -0.4 is 4.31 Å². The highest BCUT2D eigenvalue weighted by molar-refractivity contribution is 7.92. The summed E-state index contributed by atoms with van der Waals surface area (Å²) in [5, 5.41) is 0.198. The summed E-state index contributed by atoms with van der Waals surface area (Å²) in [5.41, 5.74) is 0.454. The average Bonchev–Trinajstić information content (AvgIpc) is 2.68. The Morgan fingerprint density at radius 1 is 1.11 bits per heavy atom. The lowest BCUT2D eigenvalue weighted by Gasteiger charge is -2.23.